The van der Waals surface area contributed by atoms with Gasteiger partial charge in [0.05, 0.1) is 19.0 Å². The fourth-order valence-corrected chi connectivity index (χ4v) is 2.14. The van der Waals surface area contributed by atoms with Crippen LogP contribution in [-0.2, 0) is 22.5 Å². The Hall–Kier alpha value is -2.96. The number of esters is 1. The Morgan fingerprint density at radius 2 is 1.96 bits per heavy atom. The Bertz CT molecular complexity index is 781. The quantitative estimate of drug-likeness (QED) is 0.813. The van der Waals surface area contributed by atoms with Gasteiger partial charge in [-0.25, -0.2) is 9.78 Å². The predicted molar refractivity (Wildman–Crippen MR) is 88.9 cm³/mol. The lowest BCUT2D eigenvalue weighted by molar-refractivity contribution is -0.116. The molecule has 0 bridgehead atoms. The van der Waals surface area contributed by atoms with Gasteiger partial charge < -0.3 is 10.1 Å². The van der Waals surface area contributed by atoms with Crippen molar-refractivity contribution < 1.29 is 14.3 Å². The second kappa shape index (κ2) is 8.05. The van der Waals surface area contributed by atoms with E-state index < -0.39 is 5.97 Å². The molecule has 0 radical (unpaired) electrons. The Kier molecular flexibility index (Phi) is 5.83. The summed E-state index contributed by atoms with van der Waals surface area (Å²) in [5, 5.41) is 2.66. The standard InChI is InChI=1S/C17H19N3O4/c1-3-4-14-9-16(22)20(11-18-14)10-15(21)19-13-7-5-12(6-8-13)17(23)24-2/h5-9,11H,3-4,10H2,1-2H3,(H,19,21). The molecule has 0 unspecified atom stereocenters. The van der Waals surface area contributed by atoms with Gasteiger partial charge in [-0.15, -0.1) is 0 Å². The molecule has 2 rings (SSSR count). The maximum Gasteiger partial charge on any atom is 0.337 e. The summed E-state index contributed by atoms with van der Waals surface area (Å²) in [6.45, 7) is 1.88. The normalized spacial score (nSPS) is 10.2. The van der Waals surface area contributed by atoms with Gasteiger partial charge >= 0.3 is 5.97 Å². The molecule has 0 aliphatic rings. The molecule has 1 amide bonds. The van der Waals surface area contributed by atoms with Crippen molar-refractivity contribution in [2.75, 3.05) is 12.4 Å². The Labute approximate surface area is 139 Å². The number of aromatic nitrogens is 2. The molecule has 1 aromatic carbocycles. The van der Waals surface area contributed by atoms with Crippen LogP contribution in [0.4, 0.5) is 5.69 Å². The zero-order chi connectivity index (χ0) is 17.5. The SMILES string of the molecule is CCCc1cc(=O)n(CC(=O)Nc2ccc(C(=O)OC)cc2)cn1. The van der Waals surface area contributed by atoms with E-state index in [2.05, 4.69) is 15.0 Å². The topological polar surface area (TPSA) is 90.3 Å². The lowest BCUT2D eigenvalue weighted by Crippen LogP contribution is -2.27. The summed E-state index contributed by atoms with van der Waals surface area (Å²) in [6, 6.07) is 7.73. The number of nitrogens with zero attached hydrogens (tertiary/aromatic N) is 2. The fourth-order valence-electron chi connectivity index (χ4n) is 2.14. The number of anilines is 1. The number of nitrogens with one attached hydrogen (secondary N) is 1. The van der Waals surface area contributed by atoms with Crippen LogP contribution in [0, 0.1) is 0 Å². The molecule has 0 atom stereocenters. The second-order valence-electron chi connectivity index (χ2n) is 5.21. The van der Waals surface area contributed by atoms with E-state index in [0.717, 1.165) is 18.5 Å². The van der Waals surface area contributed by atoms with Crippen molar-refractivity contribution in [2.24, 2.45) is 0 Å². The molecule has 1 heterocycles. The summed E-state index contributed by atoms with van der Waals surface area (Å²) in [7, 11) is 1.30. The summed E-state index contributed by atoms with van der Waals surface area (Å²) < 4.78 is 5.85. The number of rotatable bonds is 6. The van der Waals surface area contributed by atoms with Crippen LogP contribution in [0.25, 0.3) is 0 Å². The highest BCUT2D eigenvalue weighted by atomic mass is 16.5. The lowest BCUT2D eigenvalue weighted by Gasteiger charge is -2.08. The molecule has 0 aliphatic heterocycles. The van der Waals surface area contributed by atoms with E-state index in [4.69, 9.17) is 0 Å². The van der Waals surface area contributed by atoms with E-state index in [1.54, 1.807) is 24.3 Å². The number of benzene rings is 1. The zero-order valence-electron chi connectivity index (χ0n) is 13.6. The average molecular weight is 329 g/mol. The van der Waals surface area contributed by atoms with Gasteiger partial charge in [-0.05, 0) is 30.7 Å². The third kappa shape index (κ3) is 4.52. The number of hydrogen-bond donors (Lipinski definition) is 1. The molecular formula is C17H19N3O4. The first kappa shape index (κ1) is 17.4. The fraction of sp³-hybridized carbons (Fsp3) is 0.294. The molecule has 126 valence electrons. The summed E-state index contributed by atoms with van der Waals surface area (Å²) in [5.41, 5.74) is 1.38. The van der Waals surface area contributed by atoms with Crippen LogP contribution in [-0.4, -0.2) is 28.5 Å². The van der Waals surface area contributed by atoms with Gasteiger partial charge in [0.2, 0.25) is 5.91 Å². The summed E-state index contributed by atoms with van der Waals surface area (Å²) in [6.07, 6.45) is 3.01. The molecular weight excluding hydrogens is 310 g/mol. The van der Waals surface area contributed by atoms with Crippen LogP contribution in [0.2, 0.25) is 0 Å². The van der Waals surface area contributed by atoms with Crippen molar-refractivity contribution in [3.8, 4) is 0 Å². The highest BCUT2D eigenvalue weighted by Gasteiger charge is 2.08. The van der Waals surface area contributed by atoms with Gasteiger partial charge in [0.1, 0.15) is 6.54 Å². The number of hydrogen-bond acceptors (Lipinski definition) is 5. The molecule has 1 aromatic heterocycles. The molecule has 24 heavy (non-hydrogen) atoms. The first-order valence-corrected chi connectivity index (χ1v) is 7.57. The molecule has 7 nitrogen and oxygen atoms in total. The summed E-state index contributed by atoms with van der Waals surface area (Å²) in [4.78, 5) is 39.5. The Morgan fingerprint density at radius 1 is 1.25 bits per heavy atom. The molecule has 0 saturated heterocycles. The maximum atomic E-state index is 12.0. The van der Waals surface area contributed by atoms with E-state index in [0.29, 0.717) is 11.3 Å². The number of ether oxygens (including phenoxy) is 1. The lowest BCUT2D eigenvalue weighted by atomic mass is 10.2. The third-order valence-corrected chi connectivity index (χ3v) is 3.35. The van der Waals surface area contributed by atoms with Crippen molar-refractivity contribution >= 4 is 17.6 Å². The molecule has 1 N–H and O–H groups in total. The van der Waals surface area contributed by atoms with Crippen LogP contribution in [0.15, 0.2) is 41.5 Å². The highest BCUT2D eigenvalue weighted by molar-refractivity contribution is 5.92. The first-order valence-electron chi connectivity index (χ1n) is 7.57. The number of methoxy groups -OCH3 is 1. The monoisotopic (exact) mass is 329 g/mol. The summed E-state index contributed by atoms with van der Waals surface area (Å²) >= 11 is 0. The predicted octanol–water partition coefficient (Wildman–Crippen LogP) is 1.62. The van der Waals surface area contributed by atoms with Crippen molar-refractivity contribution in [1.82, 2.24) is 9.55 Å². The maximum absolute atomic E-state index is 12.0. The zero-order valence-corrected chi connectivity index (χ0v) is 13.6. The average Bonchev–Trinajstić information content (AvgIpc) is 2.57. The van der Waals surface area contributed by atoms with Crippen molar-refractivity contribution in [3.63, 3.8) is 0 Å². The van der Waals surface area contributed by atoms with E-state index in [1.807, 2.05) is 6.92 Å². The number of carbonyl (C=O) groups is 2. The van der Waals surface area contributed by atoms with Crippen LogP contribution in [0.3, 0.4) is 0 Å². The minimum absolute atomic E-state index is 0.128. The van der Waals surface area contributed by atoms with Crippen LogP contribution in [0.1, 0.15) is 29.4 Å². The molecule has 0 saturated carbocycles. The van der Waals surface area contributed by atoms with E-state index in [-0.39, 0.29) is 18.0 Å². The van der Waals surface area contributed by atoms with Crippen LogP contribution >= 0.6 is 0 Å². The Balaban J connectivity index is 2.00. The number of amides is 1. The van der Waals surface area contributed by atoms with Gasteiger partial charge in [-0.2, -0.15) is 0 Å². The van der Waals surface area contributed by atoms with Crippen molar-refractivity contribution in [2.45, 2.75) is 26.3 Å². The van der Waals surface area contributed by atoms with Gasteiger partial charge in [0.25, 0.3) is 5.56 Å². The van der Waals surface area contributed by atoms with Crippen LogP contribution in [0.5, 0.6) is 0 Å². The van der Waals surface area contributed by atoms with Crippen LogP contribution < -0.4 is 10.9 Å². The van der Waals surface area contributed by atoms with E-state index in [1.165, 1.54) is 24.1 Å². The molecule has 0 aliphatic carbocycles. The van der Waals surface area contributed by atoms with Crippen molar-refractivity contribution in [3.05, 3.63) is 58.3 Å². The minimum Gasteiger partial charge on any atom is -0.465 e. The van der Waals surface area contributed by atoms with Gasteiger partial charge in [0, 0.05) is 17.4 Å². The molecule has 2 aromatic rings. The summed E-state index contributed by atoms with van der Waals surface area (Å²) in [5.74, 6) is -0.800. The largest absolute Gasteiger partial charge is 0.465 e. The second-order valence-corrected chi connectivity index (χ2v) is 5.21. The molecule has 0 spiro atoms. The highest BCUT2D eigenvalue weighted by Crippen LogP contribution is 2.10. The third-order valence-electron chi connectivity index (χ3n) is 3.35. The first-order chi connectivity index (χ1) is 11.5. The smallest absolute Gasteiger partial charge is 0.337 e. The molecule has 0 fully saturated rings. The van der Waals surface area contributed by atoms with E-state index >= 15 is 0 Å². The van der Waals surface area contributed by atoms with Gasteiger partial charge in [0.15, 0.2) is 0 Å². The van der Waals surface area contributed by atoms with Gasteiger partial charge in [-0.3, -0.25) is 14.2 Å². The van der Waals surface area contributed by atoms with E-state index in [9.17, 15) is 14.4 Å². The Morgan fingerprint density at radius 3 is 2.54 bits per heavy atom. The number of aryl methyl sites for hydroxylation is 1. The minimum atomic E-state index is -0.447. The van der Waals surface area contributed by atoms with Crippen molar-refractivity contribution in [1.29, 1.82) is 0 Å². The molecule has 7 heteroatoms. The van der Waals surface area contributed by atoms with Gasteiger partial charge in [-0.1, -0.05) is 13.3 Å². The number of carbonyl (C=O) groups excluding carboxylic acids is 2.